The molecule has 0 spiro atoms. The van der Waals surface area contributed by atoms with Gasteiger partial charge in [0.05, 0.1) is 8.07 Å². The second-order valence-corrected chi connectivity index (χ2v) is 13.1. The monoisotopic (exact) mass is 342 g/mol. The smallest absolute Gasteiger partial charge is 0.120 e. The molecular weight excluding hydrogens is 308 g/mol. The summed E-state index contributed by atoms with van der Waals surface area (Å²) >= 11 is 0. The molecule has 1 aromatic carbocycles. The first-order valence-corrected chi connectivity index (χ1v) is 12.9. The highest BCUT2D eigenvalue weighted by Crippen LogP contribution is 2.44. The number of rotatable bonds is 6. The average Bonchev–Trinajstić information content (AvgIpc) is 2.64. The van der Waals surface area contributed by atoms with E-state index in [1.807, 2.05) is 0 Å². The maximum atomic E-state index is 10.7. The predicted molar refractivity (Wildman–Crippen MR) is 105 cm³/mol. The van der Waals surface area contributed by atoms with Crippen LogP contribution in [0.3, 0.4) is 0 Å². The molecule has 0 bridgehead atoms. The normalized spacial score (nSPS) is 34.0. The van der Waals surface area contributed by atoms with Crippen LogP contribution in [-0.2, 0) is 4.79 Å². The van der Waals surface area contributed by atoms with Crippen molar-refractivity contribution >= 4 is 19.5 Å². The lowest BCUT2D eigenvalue weighted by Crippen LogP contribution is -2.50. The molecule has 0 amide bonds. The highest BCUT2D eigenvalue weighted by Gasteiger charge is 2.40. The van der Waals surface area contributed by atoms with Crippen molar-refractivity contribution in [3.63, 3.8) is 0 Å². The third-order valence-electron chi connectivity index (χ3n) is 7.09. The van der Waals surface area contributed by atoms with Crippen LogP contribution < -0.4 is 5.19 Å². The summed E-state index contributed by atoms with van der Waals surface area (Å²) in [5, 5.41) is 1.72. The van der Waals surface area contributed by atoms with E-state index in [9.17, 15) is 4.79 Å². The molecule has 2 heteroatoms. The molecule has 0 N–H and O–H groups in total. The number of carbonyl (C=O) groups excluding carboxylic acids is 1. The molecule has 3 rings (SSSR count). The third kappa shape index (κ3) is 4.01. The molecule has 1 aliphatic carbocycles. The Morgan fingerprint density at radius 3 is 2.17 bits per heavy atom. The quantitative estimate of drug-likeness (QED) is 0.489. The zero-order valence-corrected chi connectivity index (χ0v) is 16.4. The SMILES string of the molecule is CCC[Si]1(c2ccccc2)CCC(C2CCC(CC=O)CC2)CC1. The molecular formula is C22H34OSi. The lowest BCUT2D eigenvalue weighted by molar-refractivity contribution is -0.108. The topological polar surface area (TPSA) is 17.1 Å². The lowest BCUT2D eigenvalue weighted by Gasteiger charge is -2.43. The van der Waals surface area contributed by atoms with Crippen molar-refractivity contribution in [2.45, 2.75) is 76.4 Å². The Morgan fingerprint density at radius 1 is 0.958 bits per heavy atom. The van der Waals surface area contributed by atoms with Gasteiger partial charge >= 0.3 is 0 Å². The highest BCUT2D eigenvalue weighted by molar-refractivity contribution is 6.92. The van der Waals surface area contributed by atoms with Gasteiger partial charge in [-0.25, -0.2) is 0 Å². The first-order valence-electron chi connectivity index (χ1n) is 10.3. The minimum atomic E-state index is -1.24. The molecule has 1 nitrogen and oxygen atoms in total. The van der Waals surface area contributed by atoms with Crippen molar-refractivity contribution in [2.24, 2.45) is 17.8 Å². The van der Waals surface area contributed by atoms with Crippen LogP contribution in [0.25, 0.3) is 0 Å². The van der Waals surface area contributed by atoms with E-state index >= 15 is 0 Å². The van der Waals surface area contributed by atoms with Crippen molar-refractivity contribution in [1.82, 2.24) is 0 Å². The van der Waals surface area contributed by atoms with Gasteiger partial charge in [-0.1, -0.05) is 79.8 Å². The predicted octanol–water partition coefficient (Wildman–Crippen LogP) is 5.56. The van der Waals surface area contributed by atoms with E-state index in [0.717, 1.165) is 24.5 Å². The van der Waals surface area contributed by atoms with E-state index in [4.69, 9.17) is 0 Å². The summed E-state index contributed by atoms with van der Waals surface area (Å²) in [5.74, 6) is 2.63. The number of carbonyl (C=O) groups is 1. The summed E-state index contributed by atoms with van der Waals surface area (Å²) in [4.78, 5) is 10.7. The van der Waals surface area contributed by atoms with Gasteiger partial charge in [-0.15, -0.1) is 0 Å². The highest BCUT2D eigenvalue weighted by atomic mass is 28.3. The summed E-state index contributed by atoms with van der Waals surface area (Å²) in [5.41, 5.74) is 0. The standard InChI is InChI=1S/C22H34OSi/c1-2-16-24(22-6-4-3-5-7-22)17-13-21(14-18-24)20-10-8-19(9-11-20)12-15-23/h3-7,15,19-21H,2,8-14,16-18H2,1H3. The van der Waals surface area contributed by atoms with Crippen LogP contribution in [0, 0.1) is 17.8 Å². The van der Waals surface area contributed by atoms with Crippen molar-refractivity contribution in [3.05, 3.63) is 30.3 Å². The number of hydrogen-bond acceptors (Lipinski definition) is 1. The Labute approximate surface area is 149 Å². The Balaban J connectivity index is 1.59. The molecule has 24 heavy (non-hydrogen) atoms. The Hall–Kier alpha value is -0.893. The van der Waals surface area contributed by atoms with Gasteiger partial charge in [0.15, 0.2) is 0 Å². The van der Waals surface area contributed by atoms with Gasteiger partial charge < -0.3 is 4.79 Å². The van der Waals surface area contributed by atoms with Crippen LogP contribution >= 0.6 is 0 Å². The number of aldehydes is 1. The van der Waals surface area contributed by atoms with Gasteiger partial charge in [0.25, 0.3) is 0 Å². The second-order valence-electron chi connectivity index (χ2n) is 8.42. The maximum Gasteiger partial charge on any atom is 0.120 e. The van der Waals surface area contributed by atoms with Gasteiger partial charge in [-0.05, 0) is 43.4 Å². The van der Waals surface area contributed by atoms with E-state index in [2.05, 4.69) is 37.3 Å². The van der Waals surface area contributed by atoms with Gasteiger partial charge in [0, 0.05) is 6.42 Å². The molecule has 1 aliphatic heterocycles. The zero-order chi connectivity index (χ0) is 16.8. The Bertz CT molecular complexity index is 496. The first-order chi connectivity index (χ1) is 11.8. The molecule has 132 valence electrons. The molecule has 1 saturated heterocycles. The largest absolute Gasteiger partial charge is 0.303 e. The summed E-state index contributed by atoms with van der Waals surface area (Å²) in [6.45, 7) is 2.37. The average molecular weight is 343 g/mol. The van der Waals surface area contributed by atoms with E-state index in [1.54, 1.807) is 5.19 Å². The van der Waals surface area contributed by atoms with Crippen LogP contribution in [0.15, 0.2) is 30.3 Å². The van der Waals surface area contributed by atoms with E-state index < -0.39 is 8.07 Å². The summed E-state index contributed by atoms with van der Waals surface area (Å²) in [7, 11) is -1.24. The zero-order valence-electron chi connectivity index (χ0n) is 15.4. The fourth-order valence-electron chi connectivity index (χ4n) is 5.65. The number of benzene rings is 1. The van der Waals surface area contributed by atoms with Crippen LogP contribution in [0.2, 0.25) is 18.1 Å². The van der Waals surface area contributed by atoms with E-state index in [-0.39, 0.29) is 0 Å². The van der Waals surface area contributed by atoms with Crippen LogP contribution in [-0.4, -0.2) is 14.4 Å². The fraction of sp³-hybridized carbons (Fsp3) is 0.682. The summed E-state index contributed by atoms with van der Waals surface area (Å²) in [6, 6.07) is 16.0. The molecule has 0 aromatic heterocycles. The van der Waals surface area contributed by atoms with Crippen LogP contribution in [0.5, 0.6) is 0 Å². The molecule has 0 radical (unpaired) electrons. The van der Waals surface area contributed by atoms with Crippen molar-refractivity contribution in [1.29, 1.82) is 0 Å². The Morgan fingerprint density at radius 2 is 1.58 bits per heavy atom. The van der Waals surface area contributed by atoms with Crippen LogP contribution in [0.1, 0.15) is 58.3 Å². The van der Waals surface area contributed by atoms with Gasteiger partial charge in [0.2, 0.25) is 0 Å². The van der Waals surface area contributed by atoms with Gasteiger partial charge in [-0.3, -0.25) is 0 Å². The molecule has 0 unspecified atom stereocenters. The number of hydrogen-bond donors (Lipinski definition) is 0. The van der Waals surface area contributed by atoms with E-state index in [0.29, 0.717) is 5.92 Å². The first kappa shape index (κ1) is 17.9. The second kappa shape index (κ2) is 8.47. The Kier molecular flexibility index (Phi) is 6.32. The minimum Gasteiger partial charge on any atom is -0.303 e. The minimum absolute atomic E-state index is 0.695. The van der Waals surface area contributed by atoms with E-state index in [1.165, 1.54) is 63.1 Å². The maximum absolute atomic E-state index is 10.7. The summed E-state index contributed by atoms with van der Waals surface area (Å²) < 4.78 is 0. The molecule has 1 aromatic rings. The van der Waals surface area contributed by atoms with Crippen molar-refractivity contribution < 1.29 is 4.79 Å². The molecule has 1 heterocycles. The van der Waals surface area contributed by atoms with Crippen molar-refractivity contribution in [3.8, 4) is 0 Å². The fourth-order valence-corrected chi connectivity index (χ4v) is 11.0. The summed E-state index contributed by atoms with van der Waals surface area (Å²) in [6.07, 6.45) is 11.6. The van der Waals surface area contributed by atoms with Crippen molar-refractivity contribution in [2.75, 3.05) is 0 Å². The third-order valence-corrected chi connectivity index (χ3v) is 12.6. The lowest BCUT2D eigenvalue weighted by atomic mass is 9.73. The van der Waals surface area contributed by atoms with Gasteiger partial charge in [-0.2, -0.15) is 0 Å². The molecule has 0 atom stereocenters. The molecule has 2 fully saturated rings. The molecule has 1 saturated carbocycles. The van der Waals surface area contributed by atoms with Crippen LogP contribution in [0.4, 0.5) is 0 Å². The molecule has 2 aliphatic rings. The van der Waals surface area contributed by atoms with Gasteiger partial charge in [0.1, 0.15) is 6.29 Å².